The number of hydrogen-bond acceptors (Lipinski definition) is 3. The maximum absolute atomic E-state index is 11.0. The predicted octanol–water partition coefficient (Wildman–Crippen LogP) is 2.49. The van der Waals surface area contributed by atoms with Gasteiger partial charge < -0.3 is 9.84 Å². The maximum atomic E-state index is 11.0. The van der Waals surface area contributed by atoms with Crippen molar-refractivity contribution in [2.45, 2.75) is 38.8 Å². The van der Waals surface area contributed by atoms with E-state index in [2.05, 4.69) is 11.8 Å². The van der Waals surface area contributed by atoms with Crippen molar-refractivity contribution < 1.29 is 14.6 Å². The fraction of sp³-hybridized carbons (Fsp3) is 0.562. The largest absolute Gasteiger partial charge is 0.481 e. The lowest BCUT2D eigenvalue weighted by Gasteiger charge is -2.35. The van der Waals surface area contributed by atoms with Gasteiger partial charge in [-0.2, -0.15) is 0 Å². The van der Waals surface area contributed by atoms with Crippen molar-refractivity contribution in [3.8, 4) is 0 Å². The van der Waals surface area contributed by atoms with Gasteiger partial charge in [0.2, 0.25) is 0 Å². The Kier molecular flexibility index (Phi) is 5.15. The first-order valence-corrected chi connectivity index (χ1v) is 7.25. The highest BCUT2D eigenvalue weighted by Gasteiger charge is 2.21. The van der Waals surface area contributed by atoms with E-state index in [0.717, 1.165) is 38.3 Å². The first-order valence-electron chi connectivity index (χ1n) is 7.25. The quantitative estimate of drug-likeness (QED) is 0.898. The molecule has 1 saturated heterocycles. The van der Waals surface area contributed by atoms with Crippen LogP contribution in [-0.4, -0.2) is 41.8 Å². The molecule has 20 heavy (non-hydrogen) atoms. The molecule has 1 aromatic carbocycles. The molecule has 4 nitrogen and oxygen atoms in total. The van der Waals surface area contributed by atoms with Crippen LogP contribution < -0.4 is 0 Å². The zero-order valence-corrected chi connectivity index (χ0v) is 12.2. The van der Waals surface area contributed by atoms with E-state index in [1.165, 1.54) is 5.56 Å². The average Bonchev–Trinajstić information content (AvgIpc) is 2.48. The number of ether oxygens (including phenoxy) is 1. The van der Waals surface area contributed by atoms with E-state index in [0.29, 0.717) is 6.04 Å². The maximum Gasteiger partial charge on any atom is 0.310 e. The summed E-state index contributed by atoms with van der Waals surface area (Å²) in [5.41, 5.74) is 2.09. The molecule has 2 atom stereocenters. The van der Waals surface area contributed by atoms with Crippen molar-refractivity contribution in [3.63, 3.8) is 0 Å². The van der Waals surface area contributed by atoms with Crippen LogP contribution >= 0.6 is 0 Å². The van der Waals surface area contributed by atoms with E-state index in [1.54, 1.807) is 6.92 Å². The molecule has 0 spiro atoms. The molecule has 1 heterocycles. The van der Waals surface area contributed by atoms with Crippen molar-refractivity contribution in [2.75, 3.05) is 19.8 Å². The van der Waals surface area contributed by atoms with Crippen LogP contribution in [0.3, 0.4) is 0 Å². The third-order valence-corrected chi connectivity index (χ3v) is 4.06. The van der Waals surface area contributed by atoms with Gasteiger partial charge in [0.15, 0.2) is 0 Å². The normalized spacial score (nSPS) is 21.6. The number of hydrogen-bond donors (Lipinski definition) is 1. The molecule has 0 radical (unpaired) electrons. The van der Waals surface area contributed by atoms with Crippen molar-refractivity contribution in [1.82, 2.24) is 4.90 Å². The van der Waals surface area contributed by atoms with Gasteiger partial charge in [0, 0.05) is 19.1 Å². The minimum absolute atomic E-state index is 0.448. The highest BCUT2D eigenvalue weighted by molar-refractivity contribution is 5.75. The Morgan fingerprint density at radius 3 is 2.75 bits per heavy atom. The van der Waals surface area contributed by atoms with Gasteiger partial charge in [-0.3, -0.25) is 9.69 Å². The van der Waals surface area contributed by atoms with Crippen LogP contribution in [0.15, 0.2) is 24.3 Å². The summed E-state index contributed by atoms with van der Waals surface area (Å²) in [7, 11) is 0. The molecule has 0 saturated carbocycles. The van der Waals surface area contributed by atoms with E-state index >= 15 is 0 Å². The number of nitrogens with zero attached hydrogens (tertiary/aromatic N) is 1. The molecule has 2 unspecified atom stereocenters. The molecular formula is C16H23NO3. The fourth-order valence-electron chi connectivity index (χ4n) is 2.56. The van der Waals surface area contributed by atoms with Crippen molar-refractivity contribution in [3.05, 3.63) is 35.4 Å². The van der Waals surface area contributed by atoms with Gasteiger partial charge in [-0.15, -0.1) is 0 Å². The van der Waals surface area contributed by atoms with Crippen LogP contribution in [0.4, 0.5) is 0 Å². The second-order valence-electron chi connectivity index (χ2n) is 5.41. The van der Waals surface area contributed by atoms with Crippen molar-refractivity contribution in [2.24, 2.45) is 0 Å². The van der Waals surface area contributed by atoms with Crippen LogP contribution in [0.5, 0.6) is 0 Å². The SMILES string of the molecule is CCC1COCCN1Cc1ccc(C(C)C(=O)O)cc1. The van der Waals surface area contributed by atoms with Gasteiger partial charge in [0.05, 0.1) is 19.1 Å². The molecule has 110 valence electrons. The van der Waals surface area contributed by atoms with Crippen LogP contribution in [0.1, 0.15) is 37.3 Å². The van der Waals surface area contributed by atoms with Gasteiger partial charge in [-0.05, 0) is 24.5 Å². The summed E-state index contributed by atoms with van der Waals surface area (Å²) in [5, 5.41) is 9.01. The van der Waals surface area contributed by atoms with Gasteiger partial charge in [0.25, 0.3) is 0 Å². The number of carbonyl (C=O) groups is 1. The van der Waals surface area contributed by atoms with Crippen molar-refractivity contribution >= 4 is 5.97 Å². The molecular weight excluding hydrogens is 254 g/mol. The summed E-state index contributed by atoms with van der Waals surface area (Å²) in [5.74, 6) is -1.23. The number of rotatable bonds is 5. The first kappa shape index (κ1) is 15.0. The number of carboxylic acid groups (broad SMARTS) is 1. The third kappa shape index (κ3) is 3.58. The topological polar surface area (TPSA) is 49.8 Å². The second-order valence-corrected chi connectivity index (χ2v) is 5.41. The molecule has 0 amide bonds. The van der Waals surface area contributed by atoms with E-state index in [4.69, 9.17) is 9.84 Å². The lowest BCUT2D eigenvalue weighted by molar-refractivity contribution is -0.138. The van der Waals surface area contributed by atoms with Crippen LogP contribution in [-0.2, 0) is 16.1 Å². The summed E-state index contributed by atoms with van der Waals surface area (Å²) in [6.07, 6.45) is 1.09. The zero-order chi connectivity index (χ0) is 14.5. The average molecular weight is 277 g/mol. The molecule has 0 aliphatic carbocycles. The van der Waals surface area contributed by atoms with E-state index < -0.39 is 11.9 Å². The smallest absolute Gasteiger partial charge is 0.310 e. The monoisotopic (exact) mass is 277 g/mol. The van der Waals surface area contributed by atoms with Gasteiger partial charge >= 0.3 is 5.97 Å². The molecule has 2 rings (SSSR count). The Morgan fingerprint density at radius 1 is 1.45 bits per heavy atom. The van der Waals surface area contributed by atoms with Gasteiger partial charge in [-0.1, -0.05) is 31.2 Å². The fourth-order valence-corrected chi connectivity index (χ4v) is 2.56. The molecule has 1 aromatic rings. The molecule has 0 aromatic heterocycles. The van der Waals surface area contributed by atoms with Gasteiger partial charge in [0.1, 0.15) is 0 Å². The second kappa shape index (κ2) is 6.86. The molecule has 1 aliphatic heterocycles. The summed E-state index contributed by atoms with van der Waals surface area (Å²) < 4.78 is 5.51. The Hall–Kier alpha value is -1.39. The number of morpholine rings is 1. The Bertz CT molecular complexity index is 444. The number of aliphatic carboxylic acids is 1. The van der Waals surface area contributed by atoms with Crippen LogP contribution in [0.2, 0.25) is 0 Å². The summed E-state index contributed by atoms with van der Waals surface area (Å²) in [6, 6.07) is 8.42. The summed E-state index contributed by atoms with van der Waals surface area (Å²) in [4.78, 5) is 13.4. The van der Waals surface area contributed by atoms with Gasteiger partial charge in [-0.25, -0.2) is 0 Å². The molecule has 1 fully saturated rings. The Morgan fingerprint density at radius 2 is 2.15 bits per heavy atom. The molecule has 1 N–H and O–H groups in total. The highest BCUT2D eigenvalue weighted by Crippen LogP contribution is 2.19. The lowest BCUT2D eigenvalue weighted by Crippen LogP contribution is -2.44. The minimum atomic E-state index is -0.781. The Balaban J connectivity index is 2.01. The molecule has 0 bridgehead atoms. The molecule has 1 aliphatic rings. The summed E-state index contributed by atoms with van der Waals surface area (Å²) >= 11 is 0. The zero-order valence-electron chi connectivity index (χ0n) is 12.2. The van der Waals surface area contributed by atoms with Crippen LogP contribution in [0, 0.1) is 0 Å². The van der Waals surface area contributed by atoms with E-state index in [1.807, 2.05) is 24.3 Å². The Labute approximate surface area is 120 Å². The van der Waals surface area contributed by atoms with Crippen molar-refractivity contribution in [1.29, 1.82) is 0 Å². The van der Waals surface area contributed by atoms with E-state index in [-0.39, 0.29) is 0 Å². The third-order valence-electron chi connectivity index (χ3n) is 4.06. The lowest BCUT2D eigenvalue weighted by atomic mass is 10.00. The number of carboxylic acids is 1. The van der Waals surface area contributed by atoms with E-state index in [9.17, 15) is 4.79 Å². The first-order chi connectivity index (χ1) is 9.61. The van der Waals surface area contributed by atoms with Crippen LogP contribution in [0.25, 0.3) is 0 Å². The standard InChI is InChI=1S/C16H23NO3/c1-3-15-11-20-9-8-17(15)10-13-4-6-14(7-5-13)12(2)16(18)19/h4-7,12,15H,3,8-11H2,1-2H3,(H,18,19). The molecule has 4 heteroatoms. The minimum Gasteiger partial charge on any atom is -0.481 e. The predicted molar refractivity (Wildman–Crippen MR) is 77.8 cm³/mol. The summed E-state index contributed by atoms with van der Waals surface area (Å²) in [6.45, 7) is 7.38. The highest BCUT2D eigenvalue weighted by atomic mass is 16.5. The number of benzene rings is 1.